The first kappa shape index (κ1) is 16.9. The van der Waals surface area contributed by atoms with Crippen LogP contribution in [0.2, 0.25) is 0 Å². The number of likely N-dealkylation sites (tertiary alicyclic amines) is 1. The molecule has 1 fully saturated rings. The Labute approximate surface area is 136 Å². The molecule has 2 rings (SSSR count). The van der Waals surface area contributed by atoms with Crippen molar-refractivity contribution < 1.29 is 14.3 Å². The second kappa shape index (κ2) is 7.68. The minimum atomic E-state index is -0.156. The van der Waals surface area contributed by atoms with Crippen LogP contribution in [0.15, 0.2) is 23.1 Å². The summed E-state index contributed by atoms with van der Waals surface area (Å²) in [6.07, 6.45) is 1.40. The molecule has 0 unspecified atom stereocenters. The molecule has 1 aliphatic heterocycles. The summed E-state index contributed by atoms with van der Waals surface area (Å²) in [5.41, 5.74) is 2.44. The van der Waals surface area contributed by atoms with Crippen LogP contribution in [0.1, 0.15) is 24.0 Å². The van der Waals surface area contributed by atoms with Gasteiger partial charge in [-0.05, 0) is 38.3 Å². The van der Waals surface area contributed by atoms with E-state index in [1.807, 2.05) is 4.90 Å². The summed E-state index contributed by atoms with van der Waals surface area (Å²) in [5.74, 6) is 0.387. The highest BCUT2D eigenvalue weighted by Crippen LogP contribution is 2.25. The maximum atomic E-state index is 12.3. The van der Waals surface area contributed by atoms with E-state index in [1.54, 1.807) is 11.8 Å². The summed E-state index contributed by atoms with van der Waals surface area (Å²) in [6.45, 7) is 5.43. The molecule has 0 aromatic heterocycles. The number of hydrogen-bond donors (Lipinski definition) is 0. The minimum absolute atomic E-state index is 0.0546. The zero-order valence-corrected chi connectivity index (χ0v) is 14.2. The summed E-state index contributed by atoms with van der Waals surface area (Å²) in [4.78, 5) is 26.8. The molecule has 5 heteroatoms. The molecule has 1 heterocycles. The number of thioether (sulfide) groups is 1. The fourth-order valence-corrected chi connectivity index (χ4v) is 3.64. The van der Waals surface area contributed by atoms with Gasteiger partial charge in [0.1, 0.15) is 0 Å². The standard InChI is InChI=1S/C17H23NO3S/c1-12-4-5-15(13(2)10-12)22-11-16(19)18-8-6-14(7-9-18)17(20)21-3/h4-5,10,14H,6-9,11H2,1-3H3. The average molecular weight is 321 g/mol. The van der Waals surface area contributed by atoms with Crippen LogP contribution in [0.4, 0.5) is 0 Å². The van der Waals surface area contributed by atoms with E-state index in [1.165, 1.54) is 18.2 Å². The third-order valence-electron chi connectivity index (χ3n) is 4.06. The topological polar surface area (TPSA) is 46.6 Å². The molecular formula is C17H23NO3S. The van der Waals surface area contributed by atoms with Gasteiger partial charge in [0.05, 0.1) is 18.8 Å². The maximum absolute atomic E-state index is 12.3. The molecule has 1 amide bonds. The lowest BCUT2D eigenvalue weighted by Gasteiger charge is -2.30. The number of benzene rings is 1. The molecule has 120 valence electrons. The predicted molar refractivity (Wildman–Crippen MR) is 88.0 cm³/mol. The Morgan fingerprint density at radius 2 is 1.95 bits per heavy atom. The summed E-state index contributed by atoms with van der Waals surface area (Å²) in [5, 5.41) is 0. The fraction of sp³-hybridized carbons (Fsp3) is 0.529. The van der Waals surface area contributed by atoms with Crippen LogP contribution in [-0.2, 0) is 14.3 Å². The van der Waals surface area contributed by atoms with E-state index in [2.05, 4.69) is 32.0 Å². The number of piperidine rings is 1. The monoisotopic (exact) mass is 321 g/mol. The molecule has 0 radical (unpaired) electrons. The molecule has 1 saturated heterocycles. The number of aryl methyl sites for hydroxylation is 2. The number of rotatable bonds is 4. The van der Waals surface area contributed by atoms with Crippen molar-refractivity contribution in [2.24, 2.45) is 5.92 Å². The first-order valence-corrected chi connectivity index (χ1v) is 8.55. The van der Waals surface area contributed by atoms with Crippen LogP contribution in [0, 0.1) is 19.8 Å². The summed E-state index contributed by atoms with van der Waals surface area (Å²) in [6, 6.07) is 6.28. The van der Waals surface area contributed by atoms with E-state index in [4.69, 9.17) is 4.74 Å². The van der Waals surface area contributed by atoms with Gasteiger partial charge >= 0.3 is 5.97 Å². The molecule has 1 aliphatic rings. The first-order valence-electron chi connectivity index (χ1n) is 7.57. The smallest absolute Gasteiger partial charge is 0.308 e. The highest BCUT2D eigenvalue weighted by atomic mass is 32.2. The van der Waals surface area contributed by atoms with Crippen molar-refractivity contribution in [2.45, 2.75) is 31.6 Å². The van der Waals surface area contributed by atoms with Gasteiger partial charge in [0.2, 0.25) is 5.91 Å². The molecule has 0 spiro atoms. The number of carbonyl (C=O) groups is 2. The number of esters is 1. The molecule has 1 aromatic rings. The van der Waals surface area contributed by atoms with Gasteiger partial charge in [0, 0.05) is 18.0 Å². The first-order chi connectivity index (χ1) is 10.5. The molecule has 0 atom stereocenters. The van der Waals surface area contributed by atoms with Crippen LogP contribution in [0.3, 0.4) is 0 Å². The van der Waals surface area contributed by atoms with Gasteiger partial charge in [0.15, 0.2) is 0 Å². The highest BCUT2D eigenvalue weighted by molar-refractivity contribution is 8.00. The molecule has 4 nitrogen and oxygen atoms in total. The number of ether oxygens (including phenoxy) is 1. The Bertz CT molecular complexity index is 551. The van der Waals surface area contributed by atoms with Crippen LogP contribution >= 0.6 is 11.8 Å². The number of methoxy groups -OCH3 is 1. The fourth-order valence-electron chi connectivity index (χ4n) is 2.72. The lowest BCUT2D eigenvalue weighted by Crippen LogP contribution is -2.41. The van der Waals surface area contributed by atoms with Gasteiger partial charge in [0.25, 0.3) is 0 Å². The lowest BCUT2D eigenvalue weighted by atomic mass is 9.97. The summed E-state index contributed by atoms with van der Waals surface area (Å²) < 4.78 is 4.77. The Kier molecular flexibility index (Phi) is 5.89. The molecule has 0 N–H and O–H groups in total. The normalized spacial score (nSPS) is 15.7. The van der Waals surface area contributed by atoms with Gasteiger partial charge in [-0.2, -0.15) is 0 Å². The van der Waals surface area contributed by atoms with E-state index >= 15 is 0 Å². The lowest BCUT2D eigenvalue weighted by molar-refractivity contribution is -0.148. The van der Waals surface area contributed by atoms with Gasteiger partial charge in [-0.3, -0.25) is 9.59 Å². The Balaban J connectivity index is 1.82. The van der Waals surface area contributed by atoms with Gasteiger partial charge in [-0.25, -0.2) is 0 Å². The zero-order chi connectivity index (χ0) is 16.1. The van der Waals surface area contributed by atoms with E-state index in [0.29, 0.717) is 31.7 Å². The van der Waals surface area contributed by atoms with E-state index in [-0.39, 0.29) is 17.8 Å². The molecule has 1 aromatic carbocycles. The minimum Gasteiger partial charge on any atom is -0.469 e. The number of hydrogen-bond acceptors (Lipinski definition) is 4. The van der Waals surface area contributed by atoms with Gasteiger partial charge in [-0.15, -0.1) is 11.8 Å². The van der Waals surface area contributed by atoms with Crippen LogP contribution in [0.25, 0.3) is 0 Å². The second-order valence-corrected chi connectivity index (χ2v) is 6.75. The van der Waals surface area contributed by atoms with Crippen molar-refractivity contribution in [3.05, 3.63) is 29.3 Å². The van der Waals surface area contributed by atoms with Gasteiger partial charge < -0.3 is 9.64 Å². The van der Waals surface area contributed by atoms with Crippen LogP contribution in [0.5, 0.6) is 0 Å². The van der Waals surface area contributed by atoms with Crippen molar-refractivity contribution in [2.75, 3.05) is 26.0 Å². The molecule has 0 bridgehead atoms. The number of carbonyl (C=O) groups excluding carboxylic acids is 2. The van der Waals surface area contributed by atoms with Crippen molar-refractivity contribution >= 4 is 23.6 Å². The molecule has 0 saturated carbocycles. The van der Waals surface area contributed by atoms with Crippen LogP contribution in [-0.4, -0.2) is 42.7 Å². The molecule has 22 heavy (non-hydrogen) atoms. The maximum Gasteiger partial charge on any atom is 0.308 e. The van der Waals surface area contributed by atoms with Crippen molar-refractivity contribution in [1.82, 2.24) is 4.90 Å². The number of nitrogens with zero attached hydrogens (tertiary/aromatic N) is 1. The SMILES string of the molecule is COC(=O)C1CCN(C(=O)CSc2ccc(C)cc2C)CC1. The third kappa shape index (κ3) is 4.26. The van der Waals surface area contributed by atoms with Gasteiger partial charge in [-0.1, -0.05) is 17.7 Å². The van der Waals surface area contributed by atoms with E-state index in [9.17, 15) is 9.59 Å². The van der Waals surface area contributed by atoms with Crippen molar-refractivity contribution in [3.63, 3.8) is 0 Å². The quantitative estimate of drug-likeness (QED) is 0.632. The number of amides is 1. The van der Waals surface area contributed by atoms with E-state index < -0.39 is 0 Å². The average Bonchev–Trinajstić information content (AvgIpc) is 2.53. The second-order valence-electron chi connectivity index (χ2n) is 5.74. The van der Waals surface area contributed by atoms with Crippen LogP contribution < -0.4 is 0 Å². The Morgan fingerprint density at radius 1 is 1.27 bits per heavy atom. The summed E-state index contributed by atoms with van der Waals surface area (Å²) in [7, 11) is 1.42. The van der Waals surface area contributed by atoms with E-state index in [0.717, 1.165) is 4.90 Å². The zero-order valence-electron chi connectivity index (χ0n) is 13.4. The molecular weight excluding hydrogens is 298 g/mol. The van der Waals surface area contributed by atoms with Crippen molar-refractivity contribution in [1.29, 1.82) is 0 Å². The van der Waals surface area contributed by atoms with Crippen molar-refractivity contribution in [3.8, 4) is 0 Å². The third-order valence-corrected chi connectivity index (χ3v) is 5.22. The molecule has 0 aliphatic carbocycles. The highest BCUT2D eigenvalue weighted by Gasteiger charge is 2.27. The Morgan fingerprint density at radius 3 is 2.55 bits per heavy atom. The predicted octanol–water partition coefficient (Wildman–Crippen LogP) is 2.81. The Hall–Kier alpha value is -1.49. The largest absolute Gasteiger partial charge is 0.469 e. The summed E-state index contributed by atoms with van der Waals surface area (Å²) >= 11 is 1.59.